The molecule has 27 heavy (non-hydrogen) atoms. The molecule has 0 atom stereocenters. The van der Waals surface area contributed by atoms with Crippen LogP contribution in [0.25, 0.3) is 0 Å². The number of hydrogen-bond acceptors (Lipinski definition) is 5. The highest BCUT2D eigenvalue weighted by Crippen LogP contribution is 2.26. The molecule has 7 nitrogen and oxygen atoms in total. The van der Waals surface area contributed by atoms with E-state index in [-0.39, 0.29) is 11.3 Å². The smallest absolute Gasteiger partial charge is 0.282 e. The van der Waals surface area contributed by atoms with Gasteiger partial charge in [0.2, 0.25) is 0 Å². The highest BCUT2D eigenvalue weighted by Gasteiger charge is 2.23. The molecule has 2 aromatic carbocycles. The van der Waals surface area contributed by atoms with Gasteiger partial charge in [-0.05, 0) is 24.6 Å². The first-order chi connectivity index (χ1) is 13.0. The zero-order chi connectivity index (χ0) is 19.4. The maximum atomic E-state index is 12.0. The predicted octanol–water partition coefficient (Wildman–Crippen LogP) is 2.59. The maximum Gasteiger partial charge on any atom is 0.282 e. The molecule has 1 heterocycles. The average molecular weight is 368 g/mol. The summed E-state index contributed by atoms with van der Waals surface area (Å²) in [7, 11) is 1.47. The van der Waals surface area contributed by atoms with Gasteiger partial charge < -0.3 is 10.2 Å². The van der Waals surface area contributed by atoms with Crippen molar-refractivity contribution in [2.75, 3.05) is 38.1 Å². The predicted molar refractivity (Wildman–Crippen MR) is 105 cm³/mol. The summed E-state index contributed by atoms with van der Waals surface area (Å²) in [6.45, 7) is 6.45. The number of rotatable bonds is 5. The number of nitrogens with one attached hydrogen (secondary N) is 1. The SMILES string of the molecule is CNC(=O)c1cc(N2CCN(Cc3cccc(C)c3)CC2)ccc1[N+](=O)[O-]. The van der Waals surface area contributed by atoms with Gasteiger partial charge >= 0.3 is 0 Å². The van der Waals surface area contributed by atoms with Gasteiger partial charge in [0.05, 0.1) is 4.92 Å². The number of carbonyl (C=O) groups excluding carboxylic acids is 1. The Bertz CT molecular complexity index is 845. The molecule has 1 aliphatic rings. The molecule has 0 radical (unpaired) electrons. The number of anilines is 1. The monoisotopic (exact) mass is 368 g/mol. The lowest BCUT2D eigenvalue weighted by Gasteiger charge is -2.36. The van der Waals surface area contributed by atoms with E-state index in [0.29, 0.717) is 0 Å². The Morgan fingerprint density at radius 1 is 1.15 bits per heavy atom. The second-order valence-electron chi connectivity index (χ2n) is 6.79. The van der Waals surface area contributed by atoms with Crippen LogP contribution in [0.5, 0.6) is 0 Å². The van der Waals surface area contributed by atoms with Crippen LogP contribution in [-0.2, 0) is 6.54 Å². The van der Waals surface area contributed by atoms with Crippen LogP contribution in [0.3, 0.4) is 0 Å². The van der Waals surface area contributed by atoms with E-state index < -0.39 is 10.8 Å². The summed E-state index contributed by atoms with van der Waals surface area (Å²) in [6.07, 6.45) is 0. The number of piperazine rings is 1. The van der Waals surface area contributed by atoms with Crippen molar-refractivity contribution in [2.24, 2.45) is 0 Å². The number of nitro groups is 1. The topological polar surface area (TPSA) is 78.7 Å². The number of hydrogen-bond donors (Lipinski definition) is 1. The summed E-state index contributed by atoms with van der Waals surface area (Å²) in [6, 6.07) is 13.3. The Morgan fingerprint density at radius 3 is 2.52 bits per heavy atom. The van der Waals surface area contributed by atoms with Gasteiger partial charge in [-0.15, -0.1) is 0 Å². The lowest BCUT2D eigenvalue weighted by Crippen LogP contribution is -2.46. The molecule has 0 saturated carbocycles. The largest absolute Gasteiger partial charge is 0.369 e. The van der Waals surface area contributed by atoms with Crippen molar-refractivity contribution in [1.82, 2.24) is 10.2 Å². The third kappa shape index (κ3) is 4.43. The molecule has 1 aliphatic heterocycles. The molecule has 0 spiro atoms. The number of nitrogens with zero attached hydrogens (tertiary/aromatic N) is 3. The highest BCUT2D eigenvalue weighted by atomic mass is 16.6. The van der Waals surface area contributed by atoms with Gasteiger partial charge in [0.1, 0.15) is 5.56 Å². The lowest BCUT2D eigenvalue weighted by molar-refractivity contribution is -0.385. The fraction of sp³-hybridized carbons (Fsp3) is 0.350. The molecule has 1 N–H and O–H groups in total. The van der Waals surface area contributed by atoms with Crippen molar-refractivity contribution in [3.8, 4) is 0 Å². The summed E-state index contributed by atoms with van der Waals surface area (Å²) in [5.41, 5.74) is 3.34. The Kier molecular flexibility index (Phi) is 5.71. The zero-order valence-corrected chi connectivity index (χ0v) is 15.6. The molecule has 2 aromatic rings. The van der Waals surface area contributed by atoms with Crippen LogP contribution >= 0.6 is 0 Å². The molecule has 3 rings (SSSR count). The minimum absolute atomic E-state index is 0.0993. The first kappa shape index (κ1) is 18.8. The first-order valence-electron chi connectivity index (χ1n) is 9.01. The van der Waals surface area contributed by atoms with Crippen LogP contribution in [0.15, 0.2) is 42.5 Å². The molecule has 0 unspecified atom stereocenters. The molecule has 1 saturated heterocycles. The van der Waals surface area contributed by atoms with Gasteiger partial charge in [-0.2, -0.15) is 0 Å². The van der Waals surface area contributed by atoms with Crippen LogP contribution in [0.4, 0.5) is 11.4 Å². The number of benzene rings is 2. The minimum Gasteiger partial charge on any atom is -0.369 e. The second-order valence-corrected chi connectivity index (χ2v) is 6.79. The van der Waals surface area contributed by atoms with Crippen molar-refractivity contribution in [3.63, 3.8) is 0 Å². The van der Waals surface area contributed by atoms with E-state index in [0.717, 1.165) is 38.4 Å². The Morgan fingerprint density at radius 2 is 1.89 bits per heavy atom. The maximum absolute atomic E-state index is 12.0. The zero-order valence-electron chi connectivity index (χ0n) is 15.6. The summed E-state index contributed by atoms with van der Waals surface area (Å²) in [5, 5.41) is 13.7. The number of amides is 1. The summed E-state index contributed by atoms with van der Waals surface area (Å²) in [4.78, 5) is 27.2. The summed E-state index contributed by atoms with van der Waals surface area (Å²) >= 11 is 0. The summed E-state index contributed by atoms with van der Waals surface area (Å²) in [5.74, 6) is -0.443. The molecule has 7 heteroatoms. The quantitative estimate of drug-likeness (QED) is 0.648. The van der Waals surface area contributed by atoms with Crippen molar-refractivity contribution in [2.45, 2.75) is 13.5 Å². The van der Waals surface area contributed by atoms with Gasteiger partial charge in [0.25, 0.3) is 11.6 Å². The van der Waals surface area contributed by atoms with E-state index in [2.05, 4.69) is 46.3 Å². The molecule has 142 valence electrons. The number of nitro benzene ring substituents is 1. The van der Waals surface area contributed by atoms with Gasteiger partial charge in [0.15, 0.2) is 0 Å². The number of aryl methyl sites for hydroxylation is 1. The van der Waals surface area contributed by atoms with Crippen molar-refractivity contribution in [3.05, 3.63) is 69.3 Å². The highest BCUT2D eigenvalue weighted by molar-refractivity contribution is 5.99. The molecule has 0 bridgehead atoms. The van der Waals surface area contributed by atoms with Gasteiger partial charge in [-0.3, -0.25) is 19.8 Å². The third-order valence-corrected chi connectivity index (χ3v) is 4.87. The van der Waals surface area contributed by atoms with Crippen LogP contribution in [0.1, 0.15) is 21.5 Å². The number of carbonyl (C=O) groups is 1. The van der Waals surface area contributed by atoms with Gasteiger partial charge in [-0.1, -0.05) is 29.8 Å². The van der Waals surface area contributed by atoms with Crippen LogP contribution in [0.2, 0.25) is 0 Å². The summed E-state index contributed by atoms with van der Waals surface area (Å²) < 4.78 is 0. The van der Waals surface area contributed by atoms with Crippen molar-refractivity contribution in [1.29, 1.82) is 0 Å². The van der Waals surface area contributed by atoms with E-state index in [9.17, 15) is 14.9 Å². The van der Waals surface area contributed by atoms with E-state index >= 15 is 0 Å². The molecular weight excluding hydrogens is 344 g/mol. The van der Waals surface area contributed by atoms with Gasteiger partial charge in [-0.25, -0.2) is 0 Å². The van der Waals surface area contributed by atoms with E-state index in [1.165, 1.54) is 24.2 Å². The fourth-order valence-corrected chi connectivity index (χ4v) is 3.43. The third-order valence-electron chi connectivity index (χ3n) is 4.87. The van der Waals surface area contributed by atoms with E-state index in [1.807, 2.05) is 0 Å². The molecule has 0 aromatic heterocycles. The second kappa shape index (κ2) is 8.18. The lowest BCUT2D eigenvalue weighted by atomic mass is 10.1. The Hall–Kier alpha value is -2.93. The molecule has 1 fully saturated rings. The minimum atomic E-state index is -0.520. The van der Waals surface area contributed by atoms with Gasteiger partial charge in [0, 0.05) is 51.5 Å². The Labute approximate surface area is 158 Å². The normalized spacial score (nSPS) is 14.8. The first-order valence-corrected chi connectivity index (χ1v) is 9.01. The van der Waals surface area contributed by atoms with Crippen LogP contribution in [0, 0.1) is 17.0 Å². The average Bonchev–Trinajstić information content (AvgIpc) is 2.67. The standard InChI is InChI=1S/C20H24N4O3/c1-15-4-3-5-16(12-15)14-22-8-10-23(11-9-22)17-6-7-19(24(26)27)18(13-17)20(25)21-2/h3-7,12-13H,8-11,14H2,1-2H3,(H,21,25). The van der Waals surface area contributed by atoms with Crippen molar-refractivity contribution >= 4 is 17.3 Å². The molecule has 0 aliphatic carbocycles. The van der Waals surface area contributed by atoms with Crippen molar-refractivity contribution < 1.29 is 9.72 Å². The molecule has 1 amide bonds. The van der Waals surface area contributed by atoms with E-state index in [1.54, 1.807) is 12.1 Å². The fourth-order valence-electron chi connectivity index (χ4n) is 3.43. The van der Waals surface area contributed by atoms with Crippen LogP contribution in [-0.4, -0.2) is 49.0 Å². The Balaban J connectivity index is 1.68. The van der Waals surface area contributed by atoms with E-state index in [4.69, 9.17) is 0 Å². The van der Waals surface area contributed by atoms with Crippen LogP contribution < -0.4 is 10.2 Å². The molecular formula is C20H24N4O3.